The number of benzene rings is 3. The van der Waals surface area contributed by atoms with Gasteiger partial charge < -0.3 is 9.47 Å². The Morgan fingerprint density at radius 3 is 1.83 bits per heavy atom. The van der Waals surface area contributed by atoms with Gasteiger partial charge in [0.1, 0.15) is 0 Å². The lowest BCUT2D eigenvalue weighted by atomic mass is 9.99. The monoisotopic (exact) mass is 319 g/mol. The van der Waals surface area contributed by atoms with Crippen LogP contribution in [0.15, 0.2) is 53.5 Å². The van der Waals surface area contributed by atoms with Crippen LogP contribution in [-0.4, -0.2) is 17.4 Å². The molecular formula is C20H17NO3. The van der Waals surface area contributed by atoms with Gasteiger partial charge in [0.25, 0.3) is 5.79 Å². The van der Waals surface area contributed by atoms with E-state index in [0.717, 1.165) is 27.3 Å². The minimum Gasteiger partial charge on any atom is -0.452 e. The van der Waals surface area contributed by atoms with Crippen molar-refractivity contribution >= 4 is 27.3 Å². The molecule has 0 saturated heterocycles. The van der Waals surface area contributed by atoms with Gasteiger partial charge in [-0.2, -0.15) is 0 Å². The molecular weight excluding hydrogens is 302 g/mol. The molecule has 0 spiro atoms. The molecule has 0 fully saturated rings. The van der Waals surface area contributed by atoms with Gasteiger partial charge in [-0.25, -0.2) is 4.99 Å². The fraction of sp³-hybridized carbons (Fsp3) is 0.250. The second-order valence-electron chi connectivity index (χ2n) is 6.60. The minimum atomic E-state index is -1.07. The van der Waals surface area contributed by atoms with Gasteiger partial charge in [0.15, 0.2) is 11.5 Å². The molecule has 0 aromatic heterocycles. The van der Waals surface area contributed by atoms with Crippen LogP contribution in [0.4, 0.5) is 0 Å². The van der Waals surface area contributed by atoms with Crippen LogP contribution in [0.25, 0.3) is 21.5 Å². The zero-order valence-corrected chi connectivity index (χ0v) is 13.8. The zero-order valence-electron chi connectivity index (χ0n) is 13.8. The first-order chi connectivity index (χ1) is 11.5. The van der Waals surface area contributed by atoms with Gasteiger partial charge >= 0.3 is 5.91 Å². The van der Waals surface area contributed by atoms with Crippen LogP contribution < -0.4 is 9.47 Å². The Kier molecular flexibility index (Phi) is 2.46. The van der Waals surface area contributed by atoms with Crippen LogP contribution in [0.2, 0.25) is 0 Å². The summed E-state index contributed by atoms with van der Waals surface area (Å²) in [4.78, 5) is 4.55. The van der Waals surface area contributed by atoms with E-state index in [0.29, 0.717) is 11.5 Å². The van der Waals surface area contributed by atoms with Crippen LogP contribution in [0.5, 0.6) is 11.5 Å². The number of fused-ring (bicyclic) bond motifs is 8. The Morgan fingerprint density at radius 2 is 1.25 bits per heavy atom. The lowest BCUT2D eigenvalue weighted by Crippen LogP contribution is -2.42. The van der Waals surface area contributed by atoms with Crippen molar-refractivity contribution in [3.63, 3.8) is 0 Å². The van der Waals surface area contributed by atoms with E-state index in [1.54, 1.807) is 0 Å². The van der Waals surface area contributed by atoms with Crippen LogP contribution in [0, 0.1) is 0 Å². The SMILES string of the molecule is CC1=NC2(C)Oc3c(c4ccccc4c4ccccc34)OC1(C)O2. The fourth-order valence-electron chi connectivity index (χ4n) is 3.67. The Hall–Kier alpha value is -2.59. The van der Waals surface area contributed by atoms with E-state index >= 15 is 0 Å². The van der Waals surface area contributed by atoms with Crippen molar-refractivity contribution in [1.29, 1.82) is 0 Å². The van der Waals surface area contributed by atoms with Crippen molar-refractivity contribution in [3.05, 3.63) is 48.5 Å². The molecule has 0 aliphatic carbocycles. The number of hydrogen-bond acceptors (Lipinski definition) is 4. The van der Waals surface area contributed by atoms with Crippen LogP contribution in [0.3, 0.4) is 0 Å². The first kappa shape index (κ1) is 13.8. The Labute approximate surface area is 139 Å². The fourth-order valence-corrected chi connectivity index (χ4v) is 3.67. The molecule has 4 heteroatoms. The summed E-state index contributed by atoms with van der Waals surface area (Å²) in [5, 5.41) is 4.28. The Balaban J connectivity index is 1.94. The Bertz CT molecular complexity index is 1040. The summed E-state index contributed by atoms with van der Waals surface area (Å²) in [5.74, 6) is -0.600. The molecule has 120 valence electrons. The molecule has 4 nitrogen and oxygen atoms in total. The summed E-state index contributed by atoms with van der Waals surface area (Å²) in [6, 6.07) is 16.4. The normalized spacial score (nSPS) is 28.0. The van der Waals surface area contributed by atoms with E-state index in [-0.39, 0.29) is 0 Å². The van der Waals surface area contributed by atoms with Crippen LogP contribution >= 0.6 is 0 Å². The third-order valence-electron chi connectivity index (χ3n) is 4.84. The smallest absolute Gasteiger partial charge is 0.313 e. The largest absolute Gasteiger partial charge is 0.452 e. The predicted octanol–water partition coefficient (Wildman–Crippen LogP) is 4.65. The molecule has 0 saturated carbocycles. The van der Waals surface area contributed by atoms with E-state index in [1.807, 2.05) is 51.1 Å². The number of ether oxygens (including phenoxy) is 3. The predicted molar refractivity (Wildman–Crippen MR) is 93.7 cm³/mol. The summed E-state index contributed by atoms with van der Waals surface area (Å²) in [6.07, 6.45) is 0. The maximum atomic E-state index is 6.36. The van der Waals surface area contributed by atoms with Crippen LogP contribution in [-0.2, 0) is 4.74 Å². The van der Waals surface area contributed by atoms with Gasteiger partial charge in [0.05, 0.1) is 5.71 Å². The average Bonchev–Trinajstić information content (AvgIpc) is 2.71. The first-order valence-electron chi connectivity index (χ1n) is 8.08. The van der Waals surface area contributed by atoms with E-state index in [4.69, 9.17) is 14.2 Å². The van der Waals surface area contributed by atoms with E-state index < -0.39 is 11.7 Å². The second-order valence-corrected chi connectivity index (χ2v) is 6.60. The van der Waals surface area contributed by atoms with Gasteiger partial charge in [-0.15, -0.1) is 0 Å². The van der Waals surface area contributed by atoms with Crippen molar-refractivity contribution < 1.29 is 14.2 Å². The molecule has 2 bridgehead atoms. The van der Waals surface area contributed by atoms with Gasteiger partial charge in [0, 0.05) is 24.6 Å². The average molecular weight is 319 g/mol. The van der Waals surface area contributed by atoms with Crippen molar-refractivity contribution in [3.8, 4) is 11.5 Å². The standard InChI is InChI=1S/C20H17NO3/c1-12-19(2)22-17-15-10-6-4-8-13(15)14-9-5-7-11-16(14)18(17)23-20(3,21-12)24-19/h4-11H,1-3H3. The summed E-state index contributed by atoms with van der Waals surface area (Å²) in [6.45, 7) is 5.62. The molecule has 2 unspecified atom stereocenters. The zero-order chi connectivity index (χ0) is 16.5. The molecule has 2 heterocycles. The van der Waals surface area contributed by atoms with Gasteiger partial charge in [0.2, 0.25) is 0 Å². The van der Waals surface area contributed by atoms with Crippen molar-refractivity contribution in [2.24, 2.45) is 4.99 Å². The highest BCUT2D eigenvalue weighted by Gasteiger charge is 2.52. The number of hydrogen-bond donors (Lipinski definition) is 0. The number of nitrogens with zero attached hydrogens (tertiary/aromatic N) is 1. The molecule has 0 N–H and O–H groups in total. The van der Waals surface area contributed by atoms with E-state index in [9.17, 15) is 0 Å². The van der Waals surface area contributed by atoms with Crippen molar-refractivity contribution in [1.82, 2.24) is 0 Å². The first-order valence-corrected chi connectivity index (χ1v) is 8.08. The van der Waals surface area contributed by atoms with E-state index in [2.05, 4.69) is 23.2 Å². The minimum absolute atomic E-state index is 0.687. The molecule has 2 aliphatic rings. The topological polar surface area (TPSA) is 40.0 Å². The molecule has 0 amide bonds. The maximum absolute atomic E-state index is 6.36. The summed E-state index contributed by atoms with van der Waals surface area (Å²) in [5.41, 5.74) is 0.771. The number of aliphatic imine (C=N–C) groups is 1. The third-order valence-corrected chi connectivity index (χ3v) is 4.84. The van der Waals surface area contributed by atoms with Gasteiger partial charge in [-0.3, -0.25) is 4.74 Å². The highest BCUT2D eigenvalue weighted by Crippen LogP contribution is 2.50. The lowest BCUT2D eigenvalue weighted by Gasteiger charge is -2.25. The molecule has 0 radical (unpaired) electrons. The van der Waals surface area contributed by atoms with E-state index in [1.165, 1.54) is 0 Å². The van der Waals surface area contributed by atoms with Gasteiger partial charge in [-0.05, 0) is 17.7 Å². The lowest BCUT2D eigenvalue weighted by molar-refractivity contribution is -0.232. The summed E-state index contributed by atoms with van der Waals surface area (Å²) in [7, 11) is 0. The second kappa shape index (κ2) is 4.28. The molecule has 24 heavy (non-hydrogen) atoms. The van der Waals surface area contributed by atoms with Crippen molar-refractivity contribution in [2.45, 2.75) is 32.5 Å². The molecule has 5 rings (SSSR count). The number of rotatable bonds is 0. The molecule has 2 aliphatic heterocycles. The summed E-state index contributed by atoms with van der Waals surface area (Å²) >= 11 is 0. The molecule has 3 aromatic rings. The third kappa shape index (κ3) is 1.69. The maximum Gasteiger partial charge on any atom is 0.313 e. The molecule has 3 aromatic carbocycles. The summed E-state index contributed by atoms with van der Waals surface area (Å²) < 4.78 is 18.7. The van der Waals surface area contributed by atoms with Crippen LogP contribution in [0.1, 0.15) is 20.8 Å². The quantitative estimate of drug-likeness (QED) is 0.566. The van der Waals surface area contributed by atoms with Gasteiger partial charge in [-0.1, -0.05) is 48.5 Å². The highest BCUT2D eigenvalue weighted by atomic mass is 16.8. The Morgan fingerprint density at radius 1 is 0.750 bits per heavy atom. The highest BCUT2D eigenvalue weighted by molar-refractivity contribution is 6.14. The van der Waals surface area contributed by atoms with Crippen molar-refractivity contribution in [2.75, 3.05) is 0 Å². The molecule has 2 atom stereocenters.